The van der Waals surface area contributed by atoms with Gasteiger partial charge in [-0.3, -0.25) is 9.59 Å². The van der Waals surface area contributed by atoms with Crippen LogP contribution in [0.25, 0.3) is 10.9 Å². The monoisotopic (exact) mass is 702 g/mol. The molecule has 10 heteroatoms. The fourth-order valence-corrected chi connectivity index (χ4v) is 5.07. The van der Waals surface area contributed by atoms with Crippen LogP contribution in [0, 0.1) is 10.5 Å². The maximum absolute atomic E-state index is 13.3. The van der Waals surface area contributed by atoms with Gasteiger partial charge in [0.25, 0.3) is 11.5 Å². The van der Waals surface area contributed by atoms with Crippen LogP contribution in [0.3, 0.4) is 0 Å². The lowest BCUT2D eigenvalue weighted by atomic mass is 10.2. The molecule has 1 aromatic heterocycles. The Morgan fingerprint density at radius 3 is 2.69 bits per heavy atom. The molecule has 3 aromatic carbocycles. The summed E-state index contributed by atoms with van der Waals surface area (Å²) in [5.74, 6) is 1.27. The summed E-state index contributed by atoms with van der Waals surface area (Å²) < 4.78 is 14.6. The number of nitrogens with zero attached hydrogens (tertiary/aromatic N) is 3. The molecule has 1 N–H and O–H groups in total. The van der Waals surface area contributed by atoms with Gasteiger partial charge in [0.1, 0.15) is 5.82 Å². The van der Waals surface area contributed by atoms with Crippen molar-refractivity contribution in [2.24, 2.45) is 5.10 Å². The summed E-state index contributed by atoms with van der Waals surface area (Å²) in [5.41, 5.74) is 2.82. The Bertz CT molecular complexity index is 1600. The molecule has 0 fully saturated rings. The third-order valence-corrected chi connectivity index (χ3v) is 7.06. The van der Waals surface area contributed by atoms with Crippen LogP contribution in [0.5, 0.6) is 11.5 Å². The molecule has 0 saturated heterocycles. The van der Waals surface area contributed by atoms with E-state index in [1.807, 2.05) is 63.2 Å². The van der Waals surface area contributed by atoms with Gasteiger partial charge in [-0.05, 0) is 90.4 Å². The maximum Gasteiger partial charge on any atom is 0.282 e. The van der Waals surface area contributed by atoms with Crippen LogP contribution < -0.4 is 20.3 Å². The Labute approximate surface area is 248 Å². The molecule has 0 unspecified atom stereocenters. The molecule has 0 aliphatic heterocycles. The second kappa shape index (κ2) is 13.2. The fraction of sp³-hybridized carbons (Fsp3) is 0.241. The first-order chi connectivity index (χ1) is 18.8. The minimum atomic E-state index is -0.272. The van der Waals surface area contributed by atoms with Gasteiger partial charge in [-0.2, -0.15) is 9.78 Å². The largest absolute Gasteiger partial charge is 0.490 e. The number of carbonyl (C=O) groups excluding carboxylic acids is 1. The van der Waals surface area contributed by atoms with Crippen LogP contribution in [0.2, 0.25) is 0 Å². The average molecular weight is 703 g/mol. The molecule has 0 aliphatic rings. The van der Waals surface area contributed by atoms with Gasteiger partial charge in [0.2, 0.25) is 0 Å². The smallest absolute Gasteiger partial charge is 0.282 e. The first kappa shape index (κ1) is 28.8. The van der Waals surface area contributed by atoms with Crippen molar-refractivity contribution >= 4 is 67.2 Å². The minimum absolute atomic E-state index is 0.175. The quantitative estimate of drug-likeness (QED) is 0.154. The number of benzene rings is 3. The third kappa shape index (κ3) is 7.04. The molecular weight excluding hydrogens is 675 g/mol. The van der Waals surface area contributed by atoms with Gasteiger partial charge in [0, 0.05) is 16.6 Å². The molecule has 0 atom stereocenters. The number of hydrogen-bond donors (Lipinski definition) is 1. The van der Waals surface area contributed by atoms with E-state index in [0.29, 0.717) is 46.8 Å². The van der Waals surface area contributed by atoms with Crippen LogP contribution in [0.4, 0.5) is 5.69 Å². The van der Waals surface area contributed by atoms with Gasteiger partial charge in [0.05, 0.1) is 27.3 Å². The highest BCUT2D eigenvalue weighted by atomic mass is 127. The van der Waals surface area contributed by atoms with Crippen LogP contribution in [-0.4, -0.2) is 35.0 Å². The zero-order chi connectivity index (χ0) is 27.9. The summed E-state index contributed by atoms with van der Waals surface area (Å²) in [5, 5.41) is 7.87. The summed E-state index contributed by atoms with van der Waals surface area (Å²) >= 11 is 5.57. The molecule has 0 saturated carbocycles. The molecule has 8 nitrogen and oxygen atoms in total. The molecular formula is C29H28BrIN4O4. The Morgan fingerprint density at radius 2 is 1.95 bits per heavy atom. The van der Waals surface area contributed by atoms with Crippen molar-refractivity contribution < 1.29 is 14.3 Å². The SMILES string of the molecule is CCCc1nc2ccc(Br)cc2c(=O)n1N=Cc1cc(I)c(OCC(=O)Nc2ccccc2C)c(OCC)c1. The Morgan fingerprint density at radius 1 is 1.15 bits per heavy atom. The summed E-state index contributed by atoms with van der Waals surface area (Å²) in [6.07, 6.45) is 3.03. The van der Waals surface area contributed by atoms with Crippen molar-refractivity contribution in [3.8, 4) is 11.5 Å². The molecule has 0 bridgehead atoms. The van der Waals surface area contributed by atoms with Crippen molar-refractivity contribution in [2.75, 3.05) is 18.5 Å². The second-order valence-corrected chi connectivity index (χ2v) is 10.8. The standard InChI is InChI=1S/C29H28BrIN4O4/c1-4-8-26-33-24-12-11-20(30)15-21(24)29(37)35(26)32-16-19-13-22(31)28(25(14-19)38-5-2)39-17-27(36)34-23-10-7-6-9-18(23)3/h6-7,9-16H,4-5,8,17H2,1-3H3,(H,34,36). The van der Waals surface area contributed by atoms with E-state index >= 15 is 0 Å². The van der Waals surface area contributed by atoms with Gasteiger partial charge in [0.15, 0.2) is 18.1 Å². The number of para-hydroxylation sites is 1. The van der Waals surface area contributed by atoms with Crippen molar-refractivity contribution in [3.63, 3.8) is 0 Å². The van der Waals surface area contributed by atoms with Crippen molar-refractivity contribution in [1.29, 1.82) is 0 Å². The van der Waals surface area contributed by atoms with E-state index in [0.717, 1.165) is 25.7 Å². The van der Waals surface area contributed by atoms with E-state index in [9.17, 15) is 9.59 Å². The van der Waals surface area contributed by atoms with E-state index in [-0.39, 0.29) is 18.1 Å². The first-order valence-corrected chi connectivity index (χ1v) is 14.4. The zero-order valence-electron chi connectivity index (χ0n) is 21.8. The van der Waals surface area contributed by atoms with Gasteiger partial charge < -0.3 is 14.8 Å². The Balaban J connectivity index is 1.61. The van der Waals surface area contributed by atoms with E-state index < -0.39 is 0 Å². The molecule has 0 aliphatic carbocycles. The van der Waals surface area contributed by atoms with Gasteiger partial charge in [-0.1, -0.05) is 41.1 Å². The Hall–Kier alpha value is -3.25. The van der Waals surface area contributed by atoms with Gasteiger partial charge >= 0.3 is 0 Å². The lowest BCUT2D eigenvalue weighted by molar-refractivity contribution is -0.118. The fourth-order valence-electron chi connectivity index (χ4n) is 3.93. The lowest BCUT2D eigenvalue weighted by Crippen LogP contribution is -2.22. The molecule has 4 rings (SSSR count). The molecule has 39 heavy (non-hydrogen) atoms. The normalized spacial score (nSPS) is 11.2. The van der Waals surface area contributed by atoms with Crippen LogP contribution in [0.1, 0.15) is 37.2 Å². The third-order valence-electron chi connectivity index (χ3n) is 5.77. The number of hydrogen-bond acceptors (Lipinski definition) is 6. The van der Waals surface area contributed by atoms with Crippen LogP contribution in [-0.2, 0) is 11.2 Å². The molecule has 0 radical (unpaired) electrons. The van der Waals surface area contributed by atoms with Crippen LogP contribution in [0.15, 0.2) is 69.0 Å². The maximum atomic E-state index is 13.3. The van der Waals surface area contributed by atoms with Gasteiger partial charge in [-0.15, -0.1) is 0 Å². The zero-order valence-corrected chi connectivity index (χ0v) is 25.6. The van der Waals surface area contributed by atoms with Crippen molar-refractivity contribution in [1.82, 2.24) is 9.66 Å². The van der Waals surface area contributed by atoms with Crippen molar-refractivity contribution in [3.05, 3.63) is 89.9 Å². The number of aryl methyl sites for hydroxylation is 2. The molecule has 1 amide bonds. The minimum Gasteiger partial charge on any atom is -0.490 e. The highest BCUT2D eigenvalue weighted by Crippen LogP contribution is 2.34. The van der Waals surface area contributed by atoms with Crippen LogP contribution >= 0.6 is 38.5 Å². The predicted molar refractivity (Wildman–Crippen MR) is 166 cm³/mol. The number of aromatic nitrogens is 2. The predicted octanol–water partition coefficient (Wildman–Crippen LogP) is 6.32. The Kier molecular flexibility index (Phi) is 9.73. The molecule has 0 spiro atoms. The number of rotatable bonds is 10. The number of carbonyl (C=O) groups is 1. The van der Waals surface area contributed by atoms with Gasteiger partial charge in [-0.25, -0.2) is 4.98 Å². The number of amides is 1. The van der Waals surface area contributed by atoms with E-state index in [2.05, 4.69) is 53.9 Å². The second-order valence-electron chi connectivity index (χ2n) is 8.72. The highest BCUT2D eigenvalue weighted by Gasteiger charge is 2.15. The first-order valence-electron chi connectivity index (χ1n) is 12.5. The summed E-state index contributed by atoms with van der Waals surface area (Å²) in [4.78, 5) is 30.5. The molecule has 1 heterocycles. The van der Waals surface area contributed by atoms with E-state index in [4.69, 9.17) is 9.47 Å². The molecule has 202 valence electrons. The lowest BCUT2D eigenvalue weighted by Gasteiger charge is -2.15. The number of fused-ring (bicyclic) bond motifs is 1. The average Bonchev–Trinajstić information content (AvgIpc) is 2.90. The summed E-state index contributed by atoms with van der Waals surface area (Å²) in [6, 6.07) is 16.6. The number of anilines is 1. The van der Waals surface area contributed by atoms with E-state index in [1.54, 1.807) is 18.3 Å². The number of nitrogens with one attached hydrogen (secondary N) is 1. The summed E-state index contributed by atoms with van der Waals surface area (Å²) in [7, 11) is 0. The molecule has 4 aromatic rings. The van der Waals surface area contributed by atoms with E-state index in [1.165, 1.54) is 4.68 Å². The summed E-state index contributed by atoms with van der Waals surface area (Å²) in [6.45, 7) is 6.07. The number of ether oxygens (including phenoxy) is 2. The topological polar surface area (TPSA) is 94.8 Å². The van der Waals surface area contributed by atoms with Crippen molar-refractivity contribution in [2.45, 2.75) is 33.6 Å². The highest BCUT2D eigenvalue weighted by molar-refractivity contribution is 14.1. The number of halogens is 2.